The van der Waals surface area contributed by atoms with Gasteiger partial charge >= 0.3 is 0 Å². The molecule has 2 heteroatoms. The van der Waals surface area contributed by atoms with Crippen LogP contribution in [0.5, 0.6) is 0 Å². The number of morpholine rings is 1. The molecule has 9 heavy (non-hydrogen) atoms. The molecule has 2 rings (SSSR count). The molecule has 1 saturated heterocycles. The maximum Gasteiger partial charge on any atom is 0.0947 e. The van der Waals surface area contributed by atoms with Crippen molar-refractivity contribution in [2.45, 2.75) is 12.1 Å². The van der Waals surface area contributed by atoms with E-state index in [4.69, 9.17) is 4.74 Å². The fourth-order valence-electron chi connectivity index (χ4n) is 1.33. The van der Waals surface area contributed by atoms with Crippen LogP contribution in [0, 0.1) is 0 Å². The van der Waals surface area contributed by atoms with Crippen LogP contribution in [0.4, 0.5) is 0 Å². The molecule has 0 aromatic rings. The van der Waals surface area contributed by atoms with E-state index < -0.39 is 0 Å². The second-order valence-electron chi connectivity index (χ2n) is 2.69. The Morgan fingerprint density at radius 2 is 2.44 bits per heavy atom. The fraction of sp³-hybridized carbons (Fsp3) is 0.714. The van der Waals surface area contributed by atoms with Crippen LogP contribution in [0.15, 0.2) is 12.2 Å². The summed E-state index contributed by atoms with van der Waals surface area (Å²) in [5.74, 6) is 0. The van der Waals surface area contributed by atoms with Gasteiger partial charge in [0.25, 0.3) is 0 Å². The number of fused-ring (bicyclic) bond motifs is 1. The normalized spacial score (nSPS) is 41.9. The van der Waals surface area contributed by atoms with E-state index >= 15 is 0 Å². The van der Waals surface area contributed by atoms with Gasteiger partial charge in [0.15, 0.2) is 0 Å². The molecule has 0 saturated carbocycles. The largest absolute Gasteiger partial charge is 0.371 e. The Labute approximate surface area is 55.1 Å². The van der Waals surface area contributed by atoms with Gasteiger partial charge in [0.05, 0.1) is 18.8 Å². The summed E-state index contributed by atoms with van der Waals surface area (Å²) >= 11 is 0. The summed E-state index contributed by atoms with van der Waals surface area (Å²) in [6, 6.07) is 0.582. The third-order valence-electron chi connectivity index (χ3n) is 2.10. The first-order valence-electron chi connectivity index (χ1n) is 3.38. The Hall–Kier alpha value is -0.340. The van der Waals surface area contributed by atoms with E-state index in [9.17, 15) is 0 Å². The zero-order chi connectivity index (χ0) is 6.27. The first kappa shape index (κ1) is 5.45. The molecule has 0 N–H and O–H groups in total. The van der Waals surface area contributed by atoms with Crippen LogP contribution in [0.3, 0.4) is 0 Å². The molecule has 0 bridgehead atoms. The summed E-state index contributed by atoms with van der Waals surface area (Å²) in [4.78, 5) is 2.33. The van der Waals surface area contributed by atoms with Gasteiger partial charge in [-0.3, -0.25) is 4.90 Å². The van der Waals surface area contributed by atoms with Crippen molar-refractivity contribution in [3.05, 3.63) is 12.2 Å². The van der Waals surface area contributed by atoms with Gasteiger partial charge in [0.1, 0.15) is 0 Å². The van der Waals surface area contributed by atoms with Crippen molar-refractivity contribution in [3.8, 4) is 0 Å². The molecular formula is C7H11NO. The number of rotatable bonds is 0. The first-order chi connectivity index (χ1) is 4.38. The summed E-state index contributed by atoms with van der Waals surface area (Å²) < 4.78 is 5.42. The van der Waals surface area contributed by atoms with Crippen LogP contribution < -0.4 is 0 Å². The van der Waals surface area contributed by atoms with E-state index in [-0.39, 0.29) is 0 Å². The van der Waals surface area contributed by atoms with E-state index in [0.29, 0.717) is 12.1 Å². The third-order valence-corrected chi connectivity index (χ3v) is 2.10. The lowest BCUT2D eigenvalue weighted by Crippen LogP contribution is -2.51. The summed E-state index contributed by atoms with van der Waals surface area (Å²) in [7, 11) is 2.14. The molecule has 2 nitrogen and oxygen atoms in total. The highest BCUT2D eigenvalue weighted by Gasteiger charge is 2.31. The van der Waals surface area contributed by atoms with Gasteiger partial charge in [-0.25, -0.2) is 0 Å². The highest BCUT2D eigenvalue weighted by Crippen LogP contribution is 2.21. The molecule has 0 aromatic carbocycles. The number of nitrogens with zero attached hydrogens (tertiary/aromatic N) is 1. The van der Waals surface area contributed by atoms with Crippen molar-refractivity contribution in [3.63, 3.8) is 0 Å². The summed E-state index contributed by atoms with van der Waals surface area (Å²) in [5, 5.41) is 0. The van der Waals surface area contributed by atoms with Crippen molar-refractivity contribution in [2.75, 3.05) is 20.2 Å². The highest BCUT2D eigenvalue weighted by atomic mass is 16.5. The number of ether oxygens (including phenoxy) is 1. The lowest BCUT2D eigenvalue weighted by molar-refractivity contribution is -0.0337. The smallest absolute Gasteiger partial charge is 0.0947 e. The lowest BCUT2D eigenvalue weighted by Gasteiger charge is -2.40. The summed E-state index contributed by atoms with van der Waals surface area (Å²) in [6.07, 6.45) is 4.73. The van der Waals surface area contributed by atoms with E-state index in [1.54, 1.807) is 0 Å². The van der Waals surface area contributed by atoms with Gasteiger partial charge in [-0.05, 0) is 7.05 Å². The fourth-order valence-corrected chi connectivity index (χ4v) is 1.33. The van der Waals surface area contributed by atoms with Crippen LogP contribution in [0.2, 0.25) is 0 Å². The minimum Gasteiger partial charge on any atom is -0.371 e. The Balaban J connectivity index is 2.08. The van der Waals surface area contributed by atoms with Gasteiger partial charge in [-0.1, -0.05) is 12.2 Å². The maximum atomic E-state index is 5.42. The molecule has 0 radical (unpaired) electrons. The minimum atomic E-state index is 0.406. The van der Waals surface area contributed by atoms with Gasteiger partial charge < -0.3 is 4.74 Å². The van der Waals surface area contributed by atoms with Gasteiger partial charge in [0.2, 0.25) is 0 Å². The van der Waals surface area contributed by atoms with Crippen molar-refractivity contribution in [2.24, 2.45) is 0 Å². The molecule has 2 aliphatic rings. The average Bonchev–Trinajstić information content (AvgIpc) is 1.74. The predicted octanol–water partition coefficient (Wildman–Crippen LogP) is 0.255. The van der Waals surface area contributed by atoms with Gasteiger partial charge in [-0.2, -0.15) is 0 Å². The van der Waals surface area contributed by atoms with Gasteiger partial charge in [0, 0.05) is 6.54 Å². The molecule has 0 amide bonds. The SMILES string of the molecule is CN1CCOC2C=CC21. The topological polar surface area (TPSA) is 12.5 Å². The number of hydrogen-bond acceptors (Lipinski definition) is 2. The summed E-state index contributed by atoms with van der Waals surface area (Å²) in [6.45, 7) is 1.97. The Morgan fingerprint density at radius 1 is 1.56 bits per heavy atom. The maximum absolute atomic E-state index is 5.42. The van der Waals surface area contributed by atoms with E-state index in [1.807, 2.05) is 0 Å². The minimum absolute atomic E-state index is 0.406. The lowest BCUT2D eigenvalue weighted by atomic mass is 9.97. The van der Waals surface area contributed by atoms with Crippen molar-refractivity contribution >= 4 is 0 Å². The highest BCUT2D eigenvalue weighted by molar-refractivity contribution is 5.17. The quantitative estimate of drug-likeness (QED) is 0.430. The second-order valence-corrected chi connectivity index (χ2v) is 2.69. The first-order valence-corrected chi connectivity index (χ1v) is 3.38. The number of hydrogen-bond donors (Lipinski definition) is 0. The van der Waals surface area contributed by atoms with Crippen LogP contribution >= 0.6 is 0 Å². The van der Waals surface area contributed by atoms with Gasteiger partial charge in [-0.15, -0.1) is 0 Å². The van der Waals surface area contributed by atoms with E-state index in [1.165, 1.54) is 0 Å². The Bertz CT molecular complexity index is 144. The molecule has 1 heterocycles. The monoisotopic (exact) mass is 125 g/mol. The molecule has 1 fully saturated rings. The molecule has 0 aromatic heterocycles. The van der Waals surface area contributed by atoms with Crippen LogP contribution in [0.1, 0.15) is 0 Å². The van der Waals surface area contributed by atoms with Crippen molar-refractivity contribution in [1.29, 1.82) is 0 Å². The number of likely N-dealkylation sites (N-methyl/N-ethyl adjacent to an activating group) is 1. The van der Waals surface area contributed by atoms with E-state index in [0.717, 1.165) is 13.2 Å². The standard InChI is InChI=1S/C7H11NO/c1-8-4-5-9-7-3-2-6(7)8/h2-3,6-7H,4-5H2,1H3. The second kappa shape index (κ2) is 1.82. The third kappa shape index (κ3) is 0.705. The molecular weight excluding hydrogens is 114 g/mol. The van der Waals surface area contributed by atoms with Crippen LogP contribution in [0.25, 0.3) is 0 Å². The Morgan fingerprint density at radius 3 is 2.89 bits per heavy atom. The molecule has 2 atom stereocenters. The van der Waals surface area contributed by atoms with Crippen molar-refractivity contribution in [1.82, 2.24) is 4.90 Å². The Kier molecular flexibility index (Phi) is 1.10. The zero-order valence-electron chi connectivity index (χ0n) is 5.58. The molecule has 2 unspecified atom stereocenters. The van der Waals surface area contributed by atoms with Crippen LogP contribution in [-0.4, -0.2) is 37.2 Å². The zero-order valence-corrected chi connectivity index (χ0v) is 5.58. The molecule has 1 aliphatic heterocycles. The molecule has 50 valence electrons. The van der Waals surface area contributed by atoms with Crippen LogP contribution in [-0.2, 0) is 4.74 Å². The predicted molar refractivity (Wildman–Crippen MR) is 35.3 cm³/mol. The van der Waals surface area contributed by atoms with E-state index in [2.05, 4.69) is 24.1 Å². The molecule has 1 aliphatic carbocycles. The molecule has 0 spiro atoms. The van der Waals surface area contributed by atoms with Crippen molar-refractivity contribution < 1.29 is 4.74 Å². The average molecular weight is 125 g/mol. The summed E-state index contributed by atoms with van der Waals surface area (Å²) in [5.41, 5.74) is 0.